The molecule has 6 atom stereocenters. The number of primary amides is 1. The molecule has 0 unspecified atom stereocenters. The number of aromatic nitrogens is 4. The SMILES string of the molecule is NCCCC[C@@H](NC(=O)[C@H](Cc1ccccc1)NC(=O)[C@@H](N)Cc1c[nH]cn1)C(=O)N[C@@H](Cc1ccc(O)cc1)C(=O)N[C@@H](Cc1c[nH]cn1)C(=O)N[C@@H](CO)C(N)=O. The zero-order chi connectivity index (χ0) is 42.7. The summed E-state index contributed by atoms with van der Waals surface area (Å²) in [5, 5.41) is 32.6. The van der Waals surface area contributed by atoms with Crippen LogP contribution in [0.5, 0.6) is 5.75 Å². The maximum atomic E-state index is 14.2. The first-order valence-electron chi connectivity index (χ1n) is 19.0. The molecule has 20 heteroatoms. The van der Waals surface area contributed by atoms with E-state index in [1.54, 1.807) is 48.7 Å². The maximum absolute atomic E-state index is 14.2. The van der Waals surface area contributed by atoms with Crippen LogP contribution in [0.25, 0.3) is 0 Å². The van der Waals surface area contributed by atoms with Crippen molar-refractivity contribution in [3.05, 3.63) is 102 Å². The molecule has 0 spiro atoms. The molecule has 0 aliphatic heterocycles. The molecule has 15 N–H and O–H groups in total. The van der Waals surface area contributed by atoms with E-state index in [1.165, 1.54) is 31.0 Å². The Kier molecular flexibility index (Phi) is 17.5. The molecule has 0 saturated heterocycles. The fourth-order valence-electron chi connectivity index (χ4n) is 6.01. The van der Waals surface area contributed by atoms with Gasteiger partial charge in [0.15, 0.2) is 0 Å². The van der Waals surface area contributed by atoms with Crippen molar-refractivity contribution in [3.8, 4) is 5.75 Å². The monoisotopic (exact) mass is 816 g/mol. The predicted molar refractivity (Wildman–Crippen MR) is 213 cm³/mol. The van der Waals surface area contributed by atoms with E-state index in [4.69, 9.17) is 17.2 Å². The van der Waals surface area contributed by atoms with Crippen LogP contribution in [-0.4, -0.2) is 115 Å². The number of aliphatic hydroxyl groups excluding tert-OH is 1. The number of aromatic hydroxyl groups is 1. The van der Waals surface area contributed by atoms with Gasteiger partial charge in [-0.05, 0) is 49.1 Å². The average Bonchev–Trinajstić information content (AvgIpc) is 3.94. The van der Waals surface area contributed by atoms with E-state index in [9.17, 15) is 39.0 Å². The normalized spacial score (nSPS) is 14.1. The van der Waals surface area contributed by atoms with Crippen molar-refractivity contribution in [2.24, 2.45) is 17.2 Å². The van der Waals surface area contributed by atoms with Crippen LogP contribution in [0.15, 0.2) is 79.6 Å². The topological polar surface area (TPSA) is 338 Å². The van der Waals surface area contributed by atoms with Gasteiger partial charge in [-0.3, -0.25) is 28.8 Å². The number of carbonyl (C=O) groups excluding carboxylic acids is 6. The molecule has 0 saturated carbocycles. The highest BCUT2D eigenvalue weighted by molar-refractivity contribution is 5.96. The predicted octanol–water partition coefficient (Wildman–Crippen LogP) is -2.53. The third-order valence-electron chi connectivity index (χ3n) is 9.27. The fourth-order valence-corrected chi connectivity index (χ4v) is 6.01. The Morgan fingerprint density at radius 3 is 1.59 bits per heavy atom. The van der Waals surface area contributed by atoms with Gasteiger partial charge >= 0.3 is 0 Å². The van der Waals surface area contributed by atoms with E-state index < -0.39 is 78.3 Å². The van der Waals surface area contributed by atoms with Gasteiger partial charge in [0.25, 0.3) is 0 Å². The lowest BCUT2D eigenvalue weighted by Crippen LogP contribution is -2.60. The number of imidazole rings is 2. The van der Waals surface area contributed by atoms with Gasteiger partial charge in [-0.25, -0.2) is 9.97 Å². The van der Waals surface area contributed by atoms with Gasteiger partial charge in [0.05, 0.1) is 36.7 Å². The van der Waals surface area contributed by atoms with Crippen LogP contribution < -0.4 is 43.8 Å². The molecule has 6 amide bonds. The molecular formula is C39H52N12O8. The summed E-state index contributed by atoms with van der Waals surface area (Å²) in [6, 6.07) is 7.22. The van der Waals surface area contributed by atoms with Gasteiger partial charge in [0, 0.05) is 38.1 Å². The summed E-state index contributed by atoms with van der Waals surface area (Å²) in [7, 11) is 0. The number of nitrogens with zero attached hydrogens (tertiary/aromatic N) is 2. The second-order valence-electron chi connectivity index (χ2n) is 13.9. The number of nitrogens with one attached hydrogen (secondary N) is 7. The number of hydrogen-bond acceptors (Lipinski definition) is 12. The quantitative estimate of drug-likeness (QED) is 0.0326. The molecule has 2 aromatic carbocycles. The number of benzene rings is 2. The van der Waals surface area contributed by atoms with Crippen molar-refractivity contribution in [1.82, 2.24) is 46.5 Å². The highest BCUT2D eigenvalue weighted by atomic mass is 16.3. The lowest BCUT2D eigenvalue weighted by molar-refractivity contribution is -0.135. The molecule has 2 heterocycles. The Morgan fingerprint density at radius 2 is 1.08 bits per heavy atom. The van der Waals surface area contributed by atoms with Crippen LogP contribution >= 0.6 is 0 Å². The molecule has 0 aliphatic rings. The van der Waals surface area contributed by atoms with E-state index in [1.807, 2.05) is 0 Å². The summed E-state index contributed by atoms with van der Waals surface area (Å²) in [4.78, 5) is 94.6. The third kappa shape index (κ3) is 14.7. The molecule has 0 radical (unpaired) electrons. The molecule has 0 fully saturated rings. The first-order chi connectivity index (χ1) is 28.4. The van der Waals surface area contributed by atoms with Crippen LogP contribution in [0, 0.1) is 0 Å². The van der Waals surface area contributed by atoms with Gasteiger partial charge in [-0.15, -0.1) is 0 Å². The number of hydrogen-bond donors (Lipinski definition) is 12. The van der Waals surface area contributed by atoms with Crippen LogP contribution in [0.3, 0.4) is 0 Å². The number of phenols is 1. The number of aliphatic hydroxyl groups is 1. The smallest absolute Gasteiger partial charge is 0.243 e. The second kappa shape index (κ2) is 22.9. The number of carbonyl (C=O) groups is 6. The summed E-state index contributed by atoms with van der Waals surface area (Å²) in [6.45, 7) is -0.490. The Balaban J connectivity index is 1.59. The first kappa shape index (κ1) is 45.1. The van der Waals surface area contributed by atoms with E-state index >= 15 is 0 Å². The molecule has 316 valence electrons. The van der Waals surface area contributed by atoms with Crippen molar-refractivity contribution >= 4 is 35.4 Å². The Morgan fingerprint density at radius 1 is 0.610 bits per heavy atom. The lowest BCUT2D eigenvalue weighted by atomic mass is 10.0. The van der Waals surface area contributed by atoms with Crippen LogP contribution in [0.4, 0.5) is 0 Å². The standard InChI is InChI=1S/C39H52N12O8/c40-13-5-4-8-29(47-37(57)30(14-23-6-2-1-3-7-23)48-35(55)28(41)16-25-18-43-21-45-25)36(56)49-31(15-24-9-11-27(53)12-10-24)38(58)50-32(17-26-19-44-22-46-26)39(59)51-33(20-52)34(42)54/h1-3,6-7,9-12,18-19,21-22,28-33,52-53H,4-5,8,13-17,20,40-41H2,(H2,42,54)(H,43,45)(H,44,46)(H,47,57)(H,48,55)(H,49,56)(H,50,58)(H,51,59)/t28-,29+,30-,31-,32-,33-/m0/s1. The Labute approximate surface area is 339 Å². The number of aromatic amines is 2. The van der Waals surface area contributed by atoms with E-state index in [2.05, 4.69) is 46.5 Å². The Hall–Kier alpha value is -6.64. The number of phenolic OH excluding ortho intramolecular Hbond substituents is 1. The van der Waals surface area contributed by atoms with Gasteiger partial charge in [0.2, 0.25) is 35.4 Å². The third-order valence-corrected chi connectivity index (χ3v) is 9.27. The molecule has 59 heavy (non-hydrogen) atoms. The number of H-pyrrole nitrogens is 2. The van der Waals surface area contributed by atoms with Crippen molar-refractivity contribution < 1.29 is 39.0 Å². The lowest BCUT2D eigenvalue weighted by Gasteiger charge is -2.27. The first-order valence-corrected chi connectivity index (χ1v) is 19.0. The summed E-state index contributed by atoms with van der Waals surface area (Å²) < 4.78 is 0. The second-order valence-corrected chi connectivity index (χ2v) is 13.9. The molecule has 20 nitrogen and oxygen atoms in total. The van der Waals surface area contributed by atoms with Crippen molar-refractivity contribution in [2.75, 3.05) is 13.2 Å². The minimum absolute atomic E-state index is 0.0377. The Bertz CT molecular complexity index is 1950. The number of rotatable bonds is 24. The van der Waals surface area contributed by atoms with Gasteiger partial charge in [-0.2, -0.15) is 0 Å². The van der Waals surface area contributed by atoms with Crippen molar-refractivity contribution in [3.63, 3.8) is 0 Å². The minimum atomic E-state index is -1.45. The van der Waals surface area contributed by atoms with E-state index in [0.29, 0.717) is 36.3 Å². The molecule has 0 bridgehead atoms. The molecule has 4 aromatic rings. The number of nitrogens with two attached hydrogens (primary N) is 3. The number of amides is 6. The highest BCUT2D eigenvalue weighted by Gasteiger charge is 2.33. The zero-order valence-corrected chi connectivity index (χ0v) is 32.3. The van der Waals surface area contributed by atoms with Crippen LogP contribution in [0.2, 0.25) is 0 Å². The van der Waals surface area contributed by atoms with Crippen molar-refractivity contribution in [1.29, 1.82) is 0 Å². The van der Waals surface area contributed by atoms with Crippen LogP contribution in [-0.2, 0) is 54.5 Å². The largest absolute Gasteiger partial charge is 0.508 e. The molecule has 4 rings (SSSR count). The van der Waals surface area contributed by atoms with Gasteiger partial charge in [0.1, 0.15) is 36.0 Å². The maximum Gasteiger partial charge on any atom is 0.243 e. The summed E-state index contributed by atoms with van der Waals surface area (Å²) in [5.74, 6) is -4.79. The fraction of sp³-hybridized carbons (Fsp3) is 0.385. The van der Waals surface area contributed by atoms with E-state index in [-0.39, 0.29) is 37.9 Å². The molecule has 2 aromatic heterocycles. The molecule has 0 aliphatic carbocycles. The summed E-state index contributed by atoms with van der Waals surface area (Å²) in [6.07, 6.45) is 6.81. The molecular weight excluding hydrogens is 765 g/mol. The van der Waals surface area contributed by atoms with E-state index in [0.717, 1.165) is 5.56 Å². The number of unbranched alkanes of at least 4 members (excludes halogenated alkanes) is 1. The average molecular weight is 817 g/mol. The van der Waals surface area contributed by atoms with Gasteiger partial charge < -0.3 is 64.0 Å². The summed E-state index contributed by atoms with van der Waals surface area (Å²) in [5.41, 5.74) is 19.4. The zero-order valence-electron chi connectivity index (χ0n) is 32.3. The van der Waals surface area contributed by atoms with Gasteiger partial charge in [-0.1, -0.05) is 42.5 Å². The van der Waals surface area contributed by atoms with Crippen LogP contribution in [0.1, 0.15) is 41.8 Å². The summed E-state index contributed by atoms with van der Waals surface area (Å²) >= 11 is 0. The minimum Gasteiger partial charge on any atom is -0.508 e. The van der Waals surface area contributed by atoms with Crippen molar-refractivity contribution in [2.45, 2.75) is 81.2 Å². The highest BCUT2D eigenvalue weighted by Crippen LogP contribution is 2.13.